The van der Waals surface area contributed by atoms with E-state index in [2.05, 4.69) is 15.1 Å². The summed E-state index contributed by atoms with van der Waals surface area (Å²) in [6, 6.07) is 5.40. The Hall–Kier alpha value is -4.80. The average Bonchev–Trinajstić information content (AvgIpc) is 3.35. The fraction of sp³-hybridized carbons (Fsp3) is 0.419. The molecule has 1 fully saturated rings. The predicted molar refractivity (Wildman–Crippen MR) is 166 cm³/mol. The molecule has 1 saturated carbocycles. The van der Waals surface area contributed by atoms with Gasteiger partial charge in [-0.05, 0) is 42.5 Å². The van der Waals surface area contributed by atoms with Crippen molar-refractivity contribution in [1.29, 1.82) is 0 Å². The second kappa shape index (κ2) is 11.7. The van der Waals surface area contributed by atoms with Crippen LogP contribution in [-0.2, 0) is 20.6 Å². The molecular weight excluding hydrogens is 677 g/mol. The number of nitrogens with one attached hydrogen (secondary N) is 1. The van der Waals surface area contributed by atoms with Crippen molar-refractivity contribution < 1.29 is 36.3 Å². The zero-order chi connectivity index (χ0) is 35.7. The topological polar surface area (TPSA) is 145 Å². The number of nitrogens with zero attached hydrogens (tertiary/aromatic N) is 7. The SMILES string of the molecule is C[C@H](NC(=O)O[C@@H]1CC1(c1ccc(Cl)c(-n2ncnc2C(F)F)c1)N1C(=O)[C@@](CC(C)(C)C)(c2ccc3nccn3c2)N=C1N)C(F)(F)F. The van der Waals surface area contributed by atoms with Gasteiger partial charge < -0.3 is 20.2 Å². The Morgan fingerprint density at radius 2 is 1.88 bits per heavy atom. The first-order valence-corrected chi connectivity index (χ1v) is 15.4. The molecule has 1 unspecified atom stereocenters. The van der Waals surface area contributed by atoms with Crippen molar-refractivity contribution in [3.8, 4) is 5.69 Å². The summed E-state index contributed by atoms with van der Waals surface area (Å²) >= 11 is 6.44. The third-order valence-corrected chi connectivity index (χ3v) is 8.85. The second-order valence-electron chi connectivity index (χ2n) is 13.2. The number of fused-ring (bicyclic) bond motifs is 1. The van der Waals surface area contributed by atoms with Crippen LogP contribution in [-0.4, -0.2) is 65.3 Å². The Bertz CT molecular complexity index is 1970. The highest BCUT2D eigenvalue weighted by Gasteiger charge is 2.69. The minimum Gasteiger partial charge on any atom is -0.443 e. The van der Waals surface area contributed by atoms with Gasteiger partial charge in [-0.3, -0.25) is 9.69 Å². The summed E-state index contributed by atoms with van der Waals surface area (Å²) in [6.07, 6.45) is -4.45. The number of aliphatic imine (C=N–C) groups is 1. The second-order valence-corrected chi connectivity index (χ2v) is 13.7. The summed E-state index contributed by atoms with van der Waals surface area (Å²) in [5.74, 6) is -1.56. The summed E-state index contributed by atoms with van der Waals surface area (Å²) < 4.78 is 75.4. The largest absolute Gasteiger partial charge is 0.443 e. The van der Waals surface area contributed by atoms with Gasteiger partial charge in [-0.15, -0.1) is 0 Å². The van der Waals surface area contributed by atoms with Crippen molar-refractivity contribution in [1.82, 2.24) is 34.4 Å². The fourth-order valence-corrected chi connectivity index (χ4v) is 6.48. The molecule has 4 aromatic rings. The Morgan fingerprint density at radius 3 is 2.55 bits per heavy atom. The van der Waals surface area contributed by atoms with Crippen LogP contribution >= 0.6 is 11.6 Å². The third-order valence-electron chi connectivity index (χ3n) is 8.53. The number of guanidine groups is 1. The lowest BCUT2D eigenvalue weighted by atomic mass is 9.76. The minimum atomic E-state index is -4.75. The van der Waals surface area contributed by atoms with Gasteiger partial charge in [-0.1, -0.05) is 44.5 Å². The van der Waals surface area contributed by atoms with Crippen molar-refractivity contribution in [3.63, 3.8) is 0 Å². The summed E-state index contributed by atoms with van der Waals surface area (Å²) in [5.41, 5.74) is 4.15. The Kier molecular flexibility index (Phi) is 8.11. The van der Waals surface area contributed by atoms with E-state index in [1.54, 1.807) is 40.4 Å². The van der Waals surface area contributed by atoms with Gasteiger partial charge >= 0.3 is 12.3 Å². The zero-order valence-electron chi connectivity index (χ0n) is 26.5. The molecule has 0 spiro atoms. The van der Waals surface area contributed by atoms with Crippen molar-refractivity contribution in [2.75, 3.05) is 0 Å². The molecule has 3 aromatic heterocycles. The van der Waals surface area contributed by atoms with E-state index in [9.17, 15) is 31.5 Å². The first-order chi connectivity index (χ1) is 22.9. The molecule has 3 N–H and O–H groups in total. The van der Waals surface area contributed by atoms with Crippen LogP contribution in [0.2, 0.25) is 5.02 Å². The molecule has 0 radical (unpaired) electrons. The smallest absolute Gasteiger partial charge is 0.408 e. The van der Waals surface area contributed by atoms with Crippen LogP contribution in [0.4, 0.5) is 26.7 Å². The maximum Gasteiger partial charge on any atom is 0.408 e. The number of amides is 2. The van der Waals surface area contributed by atoms with Crippen LogP contribution in [0.3, 0.4) is 0 Å². The number of halogens is 6. The van der Waals surface area contributed by atoms with Crippen LogP contribution in [0.25, 0.3) is 11.3 Å². The normalized spacial score (nSPS) is 23.2. The summed E-state index contributed by atoms with van der Waals surface area (Å²) in [6.45, 7) is 6.50. The predicted octanol–water partition coefficient (Wildman–Crippen LogP) is 5.64. The maximum absolute atomic E-state index is 15.0. The number of carbonyl (C=O) groups excluding carboxylic acids is 2. The van der Waals surface area contributed by atoms with Gasteiger partial charge in [0.2, 0.25) is 5.96 Å². The van der Waals surface area contributed by atoms with Gasteiger partial charge in [0.25, 0.3) is 12.3 Å². The van der Waals surface area contributed by atoms with E-state index in [4.69, 9.17) is 27.1 Å². The number of hydrogen-bond donors (Lipinski definition) is 2. The quantitative estimate of drug-likeness (QED) is 0.226. The molecule has 12 nitrogen and oxygen atoms in total. The number of nitrogens with two attached hydrogens (primary N) is 1. The molecule has 4 heterocycles. The molecule has 1 aromatic carbocycles. The summed E-state index contributed by atoms with van der Waals surface area (Å²) in [4.78, 5) is 41.5. The molecule has 2 amide bonds. The first kappa shape index (κ1) is 34.1. The van der Waals surface area contributed by atoms with Crippen LogP contribution in [0, 0.1) is 5.41 Å². The standard InChI is InChI=1S/C31H31ClF5N9O3/c1-16(31(35,36)37)42-27(48)49-21-12-30(21,17-5-7-19(32)20(11-17)46-24(23(33)34)40-15-41-46)45-25(47)29(43-26(45)38,14-28(2,3)4)18-6-8-22-39-9-10-44(22)13-18/h5-11,13,15-16,21,23H,12,14H2,1-4H3,(H2,38,43)(H,42,48)/t16-,21+,29+,30?/m0/s1. The first-order valence-electron chi connectivity index (χ1n) is 15.0. The number of alkyl halides is 5. The molecule has 18 heteroatoms. The number of ether oxygens (including phenoxy) is 1. The molecular formula is C31H31ClF5N9O3. The van der Waals surface area contributed by atoms with Crippen LogP contribution in [0.5, 0.6) is 0 Å². The highest BCUT2D eigenvalue weighted by Crippen LogP contribution is 2.57. The van der Waals surface area contributed by atoms with Crippen molar-refractivity contribution >= 4 is 35.2 Å². The zero-order valence-corrected chi connectivity index (χ0v) is 27.3. The lowest BCUT2D eigenvalue weighted by molar-refractivity contribution is -0.150. The van der Waals surface area contributed by atoms with Crippen LogP contribution < -0.4 is 11.1 Å². The van der Waals surface area contributed by atoms with Gasteiger partial charge in [0.15, 0.2) is 11.4 Å². The molecule has 49 heavy (non-hydrogen) atoms. The number of aromatic nitrogens is 5. The maximum atomic E-state index is 15.0. The summed E-state index contributed by atoms with van der Waals surface area (Å²) in [5, 5.41) is 5.64. The summed E-state index contributed by atoms with van der Waals surface area (Å²) in [7, 11) is 0. The molecule has 2 aliphatic rings. The van der Waals surface area contributed by atoms with Gasteiger partial charge in [-0.2, -0.15) is 18.3 Å². The van der Waals surface area contributed by atoms with Gasteiger partial charge in [-0.25, -0.2) is 33.2 Å². The highest BCUT2D eigenvalue weighted by molar-refractivity contribution is 6.32. The van der Waals surface area contributed by atoms with Crippen LogP contribution in [0.15, 0.2) is 60.2 Å². The Morgan fingerprint density at radius 1 is 1.16 bits per heavy atom. The van der Waals surface area contributed by atoms with Gasteiger partial charge in [0.1, 0.15) is 29.7 Å². The monoisotopic (exact) mass is 707 g/mol. The van der Waals surface area contributed by atoms with Crippen molar-refractivity contribution in [3.05, 3.63) is 77.2 Å². The van der Waals surface area contributed by atoms with Gasteiger partial charge in [0, 0.05) is 30.6 Å². The lowest BCUT2D eigenvalue weighted by Gasteiger charge is -2.35. The number of imidazole rings is 1. The fourth-order valence-electron chi connectivity index (χ4n) is 6.29. The van der Waals surface area contributed by atoms with E-state index in [0.29, 0.717) is 11.2 Å². The van der Waals surface area contributed by atoms with Crippen molar-refractivity contribution in [2.24, 2.45) is 16.1 Å². The number of carbonyl (C=O) groups is 2. The van der Waals surface area contributed by atoms with Crippen molar-refractivity contribution in [2.45, 2.75) is 76.4 Å². The number of alkyl carbamates (subject to hydrolysis) is 1. The molecule has 260 valence electrons. The molecule has 1 aliphatic carbocycles. The molecule has 4 atom stereocenters. The number of rotatable bonds is 8. The molecule has 6 rings (SSSR count). The lowest BCUT2D eigenvalue weighted by Crippen LogP contribution is -2.52. The van der Waals surface area contributed by atoms with Crippen LogP contribution in [0.1, 0.15) is 63.9 Å². The third kappa shape index (κ3) is 5.93. The number of hydrogen-bond acceptors (Lipinski definition) is 8. The minimum absolute atomic E-state index is 0.00809. The van der Waals surface area contributed by atoms with E-state index in [1.807, 2.05) is 20.8 Å². The van der Waals surface area contributed by atoms with E-state index < -0.39 is 59.1 Å². The van der Waals surface area contributed by atoms with E-state index in [1.165, 1.54) is 23.1 Å². The van der Waals surface area contributed by atoms with E-state index >= 15 is 0 Å². The Balaban J connectivity index is 1.48. The van der Waals surface area contributed by atoms with E-state index in [-0.39, 0.29) is 35.1 Å². The number of benzene rings is 1. The molecule has 0 saturated heterocycles. The highest BCUT2D eigenvalue weighted by atomic mass is 35.5. The number of pyridine rings is 1. The molecule has 1 aliphatic heterocycles. The van der Waals surface area contributed by atoms with Gasteiger partial charge in [0.05, 0.1) is 10.7 Å². The van der Waals surface area contributed by atoms with E-state index in [0.717, 1.165) is 17.9 Å². The molecule has 0 bridgehead atoms. The average molecular weight is 708 g/mol. The Labute approximate surface area is 281 Å².